The van der Waals surface area contributed by atoms with Crippen molar-refractivity contribution in [1.82, 2.24) is 9.80 Å². The third-order valence-corrected chi connectivity index (χ3v) is 5.86. The summed E-state index contributed by atoms with van der Waals surface area (Å²) < 4.78 is 6.44. The molecule has 1 saturated heterocycles. The van der Waals surface area contributed by atoms with Gasteiger partial charge in [0.2, 0.25) is 0 Å². The number of ether oxygens (including phenoxy) is 1. The van der Waals surface area contributed by atoms with E-state index in [1.54, 1.807) is 24.3 Å². The van der Waals surface area contributed by atoms with Crippen LogP contribution >= 0.6 is 15.9 Å². The van der Waals surface area contributed by atoms with E-state index in [0.717, 1.165) is 15.6 Å². The molecule has 1 fully saturated rings. The van der Waals surface area contributed by atoms with Crippen molar-refractivity contribution in [3.8, 4) is 5.75 Å². The van der Waals surface area contributed by atoms with E-state index in [4.69, 9.17) is 4.74 Å². The second-order valence-corrected chi connectivity index (χ2v) is 8.84. The fourth-order valence-electron chi connectivity index (χ4n) is 3.70. The maximum atomic E-state index is 13.1. The molecule has 1 N–H and O–H groups in total. The zero-order valence-electron chi connectivity index (χ0n) is 18.5. The third kappa shape index (κ3) is 4.95. The molecule has 7 heteroatoms. The zero-order chi connectivity index (χ0) is 23.4. The van der Waals surface area contributed by atoms with E-state index in [2.05, 4.69) is 22.5 Å². The monoisotopic (exact) mass is 498 g/mol. The lowest BCUT2D eigenvalue weighted by Gasteiger charge is -2.26. The predicted octanol–water partition coefficient (Wildman–Crippen LogP) is 4.31. The Kier molecular flexibility index (Phi) is 7.53. The van der Waals surface area contributed by atoms with Gasteiger partial charge in [-0.2, -0.15) is 0 Å². The number of rotatable bonds is 8. The number of aryl methyl sites for hydroxylation is 1. The Balaban J connectivity index is 2.11. The zero-order valence-corrected chi connectivity index (χ0v) is 20.1. The summed E-state index contributed by atoms with van der Waals surface area (Å²) in [5, 5.41) is 11.2. The molecule has 6 nitrogen and oxygen atoms in total. The summed E-state index contributed by atoms with van der Waals surface area (Å²) in [4.78, 5) is 29.5. The predicted molar refractivity (Wildman–Crippen MR) is 129 cm³/mol. The summed E-state index contributed by atoms with van der Waals surface area (Å²) in [7, 11) is 3.81. The average molecular weight is 499 g/mol. The van der Waals surface area contributed by atoms with Gasteiger partial charge in [-0.3, -0.25) is 9.59 Å². The number of hydrogen-bond acceptors (Lipinski definition) is 5. The Morgan fingerprint density at radius 1 is 1.22 bits per heavy atom. The van der Waals surface area contributed by atoms with Gasteiger partial charge in [0.25, 0.3) is 11.7 Å². The Labute approximate surface area is 196 Å². The number of halogens is 1. The van der Waals surface area contributed by atoms with Crippen molar-refractivity contribution < 1.29 is 19.4 Å². The van der Waals surface area contributed by atoms with Crippen molar-refractivity contribution in [1.29, 1.82) is 0 Å². The molecule has 2 aromatic rings. The van der Waals surface area contributed by atoms with Gasteiger partial charge >= 0.3 is 0 Å². The molecule has 1 heterocycles. The van der Waals surface area contributed by atoms with Crippen molar-refractivity contribution >= 4 is 33.4 Å². The maximum absolute atomic E-state index is 13.1. The molecule has 1 unspecified atom stereocenters. The molecule has 0 bridgehead atoms. The molecule has 1 amide bonds. The van der Waals surface area contributed by atoms with Crippen molar-refractivity contribution in [3.05, 3.63) is 81.9 Å². The molecule has 168 valence electrons. The third-order valence-electron chi connectivity index (χ3n) is 5.33. The summed E-state index contributed by atoms with van der Waals surface area (Å²) in [6, 6.07) is 12.0. The first-order valence-corrected chi connectivity index (χ1v) is 11.1. The number of amides is 1. The molecule has 0 aromatic heterocycles. The van der Waals surface area contributed by atoms with Crippen molar-refractivity contribution in [2.75, 3.05) is 33.8 Å². The number of carbonyl (C=O) groups excluding carboxylic acids is 2. The van der Waals surface area contributed by atoms with Crippen LogP contribution in [-0.4, -0.2) is 60.4 Å². The van der Waals surface area contributed by atoms with Gasteiger partial charge in [0.15, 0.2) is 0 Å². The highest BCUT2D eigenvalue weighted by Gasteiger charge is 2.46. The largest absolute Gasteiger partial charge is 0.507 e. The Morgan fingerprint density at radius 3 is 2.50 bits per heavy atom. The second-order valence-electron chi connectivity index (χ2n) is 7.92. The standard InChI is InChI=1S/C25H27BrN2O4/c1-5-14-32-19-10-11-20(16(2)15-19)23(29)21-22(17-6-8-18(26)9-7-17)28(13-12-27(3)4)25(31)24(21)30/h5-11,15,22,29H,1,12-14H2,2-4H3/b23-21+. The van der Waals surface area contributed by atoms with Gasteiger partial charge in [0.05, 0.1) is 11.6 Å². The van der Waals surface area contributed by atoms with E-state index in [1.807, 2.05) is 50.2 Å². The van der Waals surface area contributed by atoms with Crippen LogP contribution in [0.25, 0.3) is 5.76 Å². The molecule has 0 spiro atoms. The van der Waals surface area contributed by atoms with E-state index in [1.165, 1.54) is 4.90 Å². The molecule has 2 aromatic carbocycles. The van der Waals surface area contributed by atoms with Crippen LogP contribution in [0, 0.1) is 6.92 Å². The lowest BCUT2D eigenvalue weighted by molar-refractivity contribution is -0.140. The Morgan fingerprint density at radius 2 is 1.91 bits per heavy atom. The summed E-state index contributed by atoms with van der Waals surface area (Å²) in [6.07, 6.45) is 1.65. The molecular formula is C25H27BrN2O4. The van der Waals surface area contributed by atoms with E-state index >= 15 is 0 Å². The quantitative estimate of drug-likeness (QED) is 0.254. The van der Waals surface area contributed by atoms with Gasteiger partial charge in [-0.1, -0.05) is 40.7 Å². The van der Waals surface area contributed by atoms with Gasteiger partial charge in [-0.25, -0.2) is 0 Å². The number of hydrogen-bond donors (Lipinski definition) is 1. The minimum absolute atomic E-state index is 0.0962. The van der Waals surface area contributed by atoms with Crippen molar-refractivity contribution in [3.63, 3.8) is 0 Å². The molecule has 1 atom stereocenters. The fourth-order valence-corrected chi connectivity index (χ4v) is 3.97. The van der Waals surface area contributed by atoms with Crippen LogP contribution in [0.3, 0.4) is 0 Å². The number of carbonyl (C=O) groups is 2. The van der Waals surface area contributed by atoms with Crippen LogP contribution in [-0.2, 0) is 9.59 Å². The molecule has 1 aliphatic heterocycles. The number of likely N-dealkylation sites (tertiary alicyclic amines) is 1. The van der Waals surface area contributed by atoms with Crippen LogP contribution in [0.15, 0.2) is 65.2 Å². The van der Waals surface area contributed by atoms with Gasteiger partial charge in [0.1, 0.15) is 18.1 Å². The molecule has 3 rings (SSSR count). The second kappa shape index (κ2) is 10.1. The van der Waals surface area contributed by atoms with Crippen LogP contribution in [0.4, 0.5) is 0 Å². The molecule has 1 aliphatic rings. The van der Waals surface area contributed by atoms with Crippen LogP contribution < -0.4 is 4.74 Å². The first-order chi connectivity index (χ1) is 15.2. The van der Waals surface area contributed by atoms with Crippen molar-refractivity contribution in [2.24, 2.45) is 0 Å². The molecule has 0 aliphatic carbocycles. The Bertz CT molecular complexity index is 1060. The van der Waals surface area contributed by atoms with Crippen LogP contribution in [0.2, 0.25) is 0 Å². The number of ketones is 1. The van der Waals surface area contributed by atoms with Gasteiger partial charge in [0, 0.05) is 23.1 Å². The molecule has 0 radical (unpaired) electrons. The summed E-state index contributed by atoms with van der Waals surface area (Å²) in [5.41, 5.74) is 2.08. The highest BCUT2D eigenvalue weighted by atomic mass is 79.9. The number of Topliss-reactive ketones (excluding diaryl/α,β-unsaturated/α-hetero) is 1. The van der Waals surface area contributed by atoms with E-state index in [0.29, 0.717) is 31.0 Å². The number of nitrogens with zero attached hydrogens (tertiary/aromatic N) is 2. The SMILES string of the molecule is C=CCOc1ccc(/C(O)=C2\C(=O)C(=O)N(CCN(C)C)C2c2ccc(Br)cc2)c(C)c1. The van der Waals surface area contributed by atoms with Crippen LogP contribution in [0.1, 0.15) is 22.7 Å². The minimum atomic E-state index is -0.680. The smallest absolute Gasteiger partial charge is 0.295 e. The first-order valence-electron chi connectivity index (χ1n) is 10.3. The number of likely N-dealkylation sites (N-methyl/N-ethyl adjacent to an activating group) is 1. The van der Waals surface area contributed by atoms with E-state index in [-0.39, 0.29) is 11.3 Å². The fraction of sp³-hybridized carbons (Fsp3) is 0.280. The summed E-state index contributed by atoms with van der Waals surface area (Å²) in [5.74, 6) is -0.836. The normalized spacial score (nSPS) is 17.8. The van der Waals surface area contributed by atoms with Gasteiger partial charge < -0.3 is 19.6 Å². The first kappa shape index (κ1) is 23.8. The highest BCUT2D eigenvalue weighted by molar-refractivity contribution is 9.10. The Hall–Kier alpha value is -2.90. The number of aliphatic hydroxyl groups excluding tert-OH is 1. The lowest BCUT2D eigenvalue weighted by atomic mass is 9.94. The summed E-state index contributed by atoms with van der Waals surface area (Å²) in [6.45, 7) is 6.78. The molecule has 0 saturated carbocycles. The van der Waals surface area contributed by atoms with Crippen molar-refractivity contribution in [2.45, 2.75) is 13.0 Å². The molecular weight excluding hydrogens is 472 g/mol. The van der Waals surface area contributed by atoms with Gasteiger partial charge in [-0.15, -0.1) is 0 Å². The maximum Gasteiger partial charge on any atom is 0.295 e. The average Bonchev–Trinajstić information content (AvgIpc) is 3.01. The number of aliphatic hydroxyl groups is 1. The summed E-state index contributed by atoms with van der Waals surface area (Å²) >= 11 is 3.42. The van der Waals surface area contributed by atoms with E-state index < -0.39 is 17.7 Å². The molecule has 32 heavy (non-hydrogen) atoms. The van der Waals surface area contributed by atoms with E-state index in [9.17, 15) is 14.7 Å². The lowest BCUT2D eigenvalue weighted by Crippen LogP contribution is -2.35. The van der Waals surface area contributed by atoms with Gasteiger partial charge in [-0.05, 0) is 62.5 Å². The number of benzene rings is 2. The minimum Gasteiger partial charge on any atom is -0.507 e. The highest BCUT2D eigenvalue weighted by Crippen LogP contribution is 2.40. The topological polar surface area (TPSA) is 70.1 Å². The van der Waals surface area contributed by atoms with Crippen LogP contribution in [0.5, 0.6) is 5.75 Å².